The van der Waals surface area contributed by atoms with Gasteiger partial charge in [-0.15, -0.1) is 0 Å². The van der Waals surface area contributed by atoms with E-state index >= 15 is 0 Å². The second-order valence-corrected chi connectivity index (χ2v) is 5.91. The number of halogens is 2. The molecule has 0 aliphatic carbocycles. The van der Waals surface area contributed by atoms with Gasteiger partial charge in [-0.05, 0) is 18.2 Å². The molecule has 0 fully saturated rings. The molecule has 0 bridgehead atoms. The topological polar surface area (TPSA) is 84.8 Å². The third-order valence-corrected chi connectivity index (χ3v) is 3.92. The van der Waals surface area contributed by atoms with Crippen molar-refractivity contribution in [1.82, 2.24) is 5.43 Å². The highest BCUT2D eigenvalue weighted by atomic mass is 35.5. The fourth-order valence-corrected chi connectivity index (χ4v) is 2.69. The van der Waals surface area contributed by atoms with E-state index in [9.17, 15) is 14.4 Å². The molecule has 0 radical (unpaired) electrons. The number of hydrogen-bond acceptors (Lipinski definition) is 5. The number of carbonyl (C=O) groups is 1. The molecule has 0 aliphatic heterocycles. The van der Waals surface area contributed by atoms with Crippen LogP contribution in [0, 0.1) is 0 Å². The van der Waals surface area contributed by atoms with E-state index in [2.05, 4.69) is 10.5 Å². The summed E-state index contributed by atoms with van der Waals surface area (Å²) in [5.41, 5.74) is 1.08. The summed E-state index contributed by atoms with van der Waals surface area (Å²) in [4.78, 5) is 36.0. The van der Waals surface area contributed by atoms with Crippen molar-refractivity contribution in [3.05, 3.63) is 78.3 Å². The average Bonchev–Trinajstić information content (AvgIpc) is 2.84. The van der Waals surface area contributed by atoms with Gasteiger partial charge in [0.05, 0.1) is 5.02 Å². The monoisotopic (exact) mass is 376 g/mol. The SMILES string of the molecule is O=C(COc1ccc(Cl)cc1Cl)NN=c1c(=O)c2ccccc2c1=O. The standard InChI is InChI=1S/C17H10Cl2N2O4/c18-9-5-6-13(12(19)7-9)25-8-14(22)20-21-15-16(23)10-3-1-2-4-11(10)17(15)24/h1-7H,8H2,(H,20,22). The van der Waals surface area contributed by atoms with Crippen molar-refractivity contribution in [3.8, 4) is 5.75 Å². The van der Waals surface area contributed by atoms with Gasteiger partial charge in [0.1, 0.15) is 5.75 Å². The van der Waals surface area contributed by atoms with Crippen LogP contribution in [-0.4, -0.2) is 12.5 Å². The van der Waals surface area contributed by atoms with Crippen LogP contribution in [0.4, 0.5) is 0 Å². The second-order valence-electron chi connectivity index (χ2n) is 5.06. The highest BCUT2D eigenvalue weighted by Gasteiger charge is 2.11. The molecule has 0 aromatic heterocycles. The Morgan fingerprint density at radius 3 is 2.28 bits per heavy atom. The van der Waals surface area contributed by atoms with Crippen LogP contribution in [0.5, 0.6) is 5.75 Å². The minimum atomic E-state index is -0.643. The molecule has 0 saturated carbocycles. The van der Waals surface area contributed by atoms with E-state index in [0.29, 0.717) is 5.02 Å². The first kappa shape index (κ1) is 17.1. The van der Waals surface area contributed by atoms with Gasteiger partial charge in [0.2, 0.25) is 10.9 Å². The highest BCUT2D eigenvalue weighted by Crippen LogP contribution is 2.27. The van der Waals surface area contributed by atoms with Crippen molar-refractivity contribution in [3.63, 3.8) is 0 Å². The molecule has 126 valence electrons. The molecule has 0 spiro atoms. The van der Waals surface area contributed by atoms with Crippen LogP contribution in [0.2, 0.25) is 10.0 Å². The normalized spacial score (nSPS) is 10.6. The van der Waals surface area contributed by atoms with Crippen molar-refractivity contribution < 1.29 is 9.53 Å². The maximum absolute atomic E-state index is 12.1. The van der Waals surface area contributed by atoms with E-state index < -0.39 is 23.4 Å². The zero-order valence-corrected chi connectivity index (χ0v) is 14.1. The van der Waals surface area contributed by atoms with Crippen LogP contribution in [0.15, 0.2) is 57.2 Å². The van der Waals surface area contributed by atoms with E-state index in [0.717, 1.165) is 0 Å². The lowest BCUT2D eigenvalue weighted by Gasteiger charge is -2.06. The van der Waals surface area contributed by atoms with Gasteiger partial charge in [-0.2, -0.15) is 5.10 Å². The quantitative estimate of drug-likeness (QED) is 0.703. The van der Waals surface area contributed by atoms with Crippen LogP contribution >= 0.6 is 23.2 Å². The molecule has 6 nitrogen and oxygen atoms in total. The molecule has 0 unspecified atom stereocenters. The second kappa shape index (κ2) is 7.04. The van der Waals surface area contributed by atoms with Crippen molar-refractivity contribution in [2.24, 2.45) is 5.10 Å². The maximum atomic E-state index is 12.1. The van der Waals surface area contributed by atoms with Crippen molar-refractivity contribution in [1.29, 1.82) is 0 Å². The van der Waals surface area contributed by atoms with Crippen LogP contribution < -0.4 is 26.4 Å². The Labute approximate surface area is 151 Å². The van der Waals surface area contributed by atoms with E-state index in [1.165, 1.54) is 24.3 Å². The van der Waals surface area contributed by atoms with Gasteiger partial charge in [-0.1, -0.05) is 47.5 Å². The van der Waals surface area contributed by atoms with Crippen molar-refractivity contribution >= 4 is 39.9 Å². The zero-order valence-electron chi connectivity index (χ0n) is 12.6. The molecular formula is C17H10Cl2N2O4. The number of carbonyl (C=O) groups excluding carboxylic acids is 1. The first-order chi connectivity index (χ1) is 12.0. The van der Waals surface area contributed by atoms with E-state index in [1.807, 2.05) is 0 Å². The summed E-state index contributed by atoms with van der Waals surface area (Å²) >= 11 is 11.7. The highest BCUT2D eigenvalue weighted by molar-refractivity contribution is 6.35. The summed E-state index contributed by atoms with van der Waals surface area (Å²) in [5.74, 6) is -0.371. The molecule has 25 heavy (non-hydrogen) atoms. The van der Waals surface area contributed by atoms with Gasteiger partial charge in [-0.25, -0.2) is 5.43 Å². The zero-order chi connectivity index (χ0) is 18.0. The maximum Gasteiger partial charge on any atom is 0.277 e. The Kier molecular flexibility index (Phi) is 4.83. The van der Waals surface area contributed by atoms with E-state index in [4.69, 9.17) is 27.9 Å². The molecule has 3 aromatic rings. The Hall–Kier alpha value is -2.70. The van der Waals surface area contributed by atoms with Crippen LogP contribution in [-0.2, 0) is 4.79 Å². The minimum absolute atomic E-state index is 0.253. The molecule has 0 heterocycles. The first-order valence-electron chi connectivity index (χ1n) is 7.10. The van der Waals surface area contributed by atoms with Gasteiger partial charge in [0.15, 0.2) is 12.0 Å². The number of fused-ring (bicyclic) bond motifs is 1. The van der Waals surface area contributed by atoms with Crippen molar-refractivity contribution in [2.45, 2.75) is 0 Å². The van der Waals surface area contributed by atoms with Crippen LogP contribution in [0.1, 0.15) is 0 Å². The molecule has 0 saturated heterocycles. The average molecular weight is 377 g/mol. The number of benzene rings is 2. The Morgan fingerprint density at radius 1 is 1.04 bits per heavy atom. The summed E-state index contributed by atoms with van der Waals surface area (Å²) in [5, 5.41) is 4.52. The predicted molar refractivity (Wildman–Crippen MR) is 94.5 cm³/mol. The number of hydrogen-bond donors (Lipinski definition) is 1. The Bertz CT molecular complexity index is 1070. The number of nitrogens with zero attached hydrogens (tertiary/aromatic N) is 1. The fourth-order valence-electron chi connectivity index (χ4n) is 2.22. The molecule has 1 N–H and O–H groups in total. The first-order valence-corrected chi connectivity index (χ1v) is 7.86. The molecule has 0 aliphatic rings. The molecule has 3 aromatic carbocycles. The molecule has 0 atom stereocenters. The summed E-state index contributed by atoms with van der Waals surface area (Å²) in [6.07, 6.45) is 0. The summed E-state index contributed by atoms with van der Waals surface area (Å²) in [7, 11) is 0. The van der Waals surface area contributed by atoms with Crippen LogP contribution in [0.25, 0.3) is 10.8 Å². The Morgan fingerprint density at radius 2 is 1.68 bits per heavy atom. The van der Waals surface area contributed by atoms with Gasteiger partial charge < -0.3 is 4.74 Å². The van der Waals surface area contributed by atoms with Crippen molar-refractivity contribution in [2.75, 3.05) is 6.61 Å². The van der Waals surface area contributed by atoms with E-state index in [1.54, 1.807) is 18.2 Å². The largest absolute Gasteiger partial charge is 0.482 e. The number of amides is 1. The lowest BCUT2D eigenvalue weighted by atomic mass is 10.2. The molecular weight excluding hydrogens is 367 g/mol. The summed E-state index contributed by atoms with van der Waals surface area (Å²) < 4.78 is 5.24. The van der Waals surface area contributed by atoms with Gasteiger partial charge in [0.25, 0.3) is 5.91 Å². The van der Waals surface area contributed by atoms with Crippen LogP contribution in [0.3, 0.4) is 0 Å². The molecule has 1 amide bonds. The third-order valence-electron chi connectivity index (χ3n) is 3.39. The Balaban J connectivity index is 1.75. The van der Waals surface area contributed by atoms with Gasteiger partial charge in [-0.3, -0.25) is 14.4 Å². The third kappa shape index (κ3) is 3.55. The van der Waals surface area contributed by atoms with E-state index in [-0.39, 0.29) is 26.9 Å². The number of nitrogens with one attached hydrogen (secondary N) is 1. The molecule has 3 rings (SSSR count). The van der Waals surface area contributed by atoms with Gasteiger partial charge >= 0.3 is 0 Å². The lowest BCUT2D eigenvalue weighted by Crippen LogP contribution is -2.36. The molecule has 8 heteroatoms. The van der Waals surface area contributed by atoms with Gasteiger partial charge in [0, 0.05) is 15.8 Å². The summed E-state index contributed by atoms with van der Waals surface area (Å²) in [6.45, 7) is -0.395. The minimum Gasteiger partial charge on any atom is -0.482 e. The lowest BCUT2D eigenvalue weighted by molar-refractivity contribution is -0.123. The number of ether oxygens (including phenoxy) is 1. The fraction of sp³-hybridized carbons (Fsp3) is 0.0588. The predicted octanol–water partition coefficient (Wildman–Crippen LogP) is 1.75. The smallest absolute Gasteiger partial charge is 0.277 e. The summed E-state index contributed by atoms with van der Waals surface area (Å²) in [6, 6.07) is 10.9. The number of rotatable bonds is 4.